The summed E-state index contributed by atoms with van der Waals surface area (Å²) in [5.41, 5.74) is 2.16. The highest BCUT2D eigenvalue weighted by molar-refractivity contribution is 5.85. The van der Waals surface area contributed by atoms with Gasteiger partial charge in [0, 0.05) is 49.7 Å². The van der Waals surface area contributed by atoms with Crippen molar-refractivity contribution in [1.29, 1.82) is 0 Å². The summed E-state index contributed by atoms with van der Waals surface area (Å²) in [5.74, 6) is 2.11. The van der Waals surface area contributed by atoms with Crippen LogP contribution in [0.3, 0.4) is 0 Å². The van der Waals surface area contributed by atoms with Gasteiger partial charge < -0.3 is 19.7 Å². The summed E-state index contributed by atoms with van der Waals surface area (Å²) in [6.07, 6.45) is 3.58. The fourth-order valence-electron chi connectivity index (χ4n) is 4.19. The molecule has 0 bridgehead atoms. The molecular weight excluding hydrogens is 354 g/mol. The molecule has 1 N–H and O–H groups in total. The first kappa shape index (κ1) is 19.0. The van der Waals surface area contributed by atoms with Crippen LogP contribution in [0.2, 0.25) is 0 Å². The molecule has 0 unspecified atom stereocenters. The number of amides is 1. The van der Waals surface area contributed by atoms with Gasteiger partial charge in [0.2, 0.25) is 5.91 Å². The van der Waals surface area contributed by atoms with Gasteiger partial charge in [-0.2, -0.15) is 0 Å². The van der Waals surface area contributed by atoms with Crippen LogP contribution >= 0.6 is 0 Å². The molecule has 3 heterocycles. The predicted octanol–water partition coefficient (Wildman–Crippen LogP) is 3.06. The Morgan fingerprint density at radius 2 is 1.93 bits per heavy atom. The van der Waals surface area contributed by atoms with Gasteiger partial charge in [-0.3, -0.25) is 4.79 Å². The van der Waals surface area contributed by atoms with E-state index in [9.17, 15) is 4.79 Å². The monoisotopic (exact) mass is 383 g/mol. The number of hydrogen-bond donors (Lipinski definition) is 1. The molecule has 2 aromatic rings. The third-order valence-electron chi connectivity index (χ3n) is 5.97. The van der Waals surface area contributed by atoms with E-state index in [0.717, 1.165) is 74.5 Å². The molecule has 1 aromatic carbocycles. The minimum Gasteiger partial charge on any atom is -0.497 e. The van der Waals surface area contributed by atoms with Crippen molar-refractivity contribution in [3.8, 4) is 5.75 Å². The van der Waals surface area contributed by atoms with Gasteiger partial charge in [-0.1, -0.05) is 0 Å². The molecule has 2 fully saturated rings. The fraction of sp³-hybridized carbons (Fsp3) is 0.545. The highest BCUT2D eigenvalue weighted by atomic mass is 16.5. The summed E-state index contributed by atoms with van der Waals surface area (Å²) in [6, 6.07) is 8.45. The van der Waals surface area contributed by atoms with Gasteiger partial charge in [-0.15, -0.1) is 0 Å². The quantitative estimate of drug-likeness (QED) is 0.879. The molecule has 0 radical (unpaired) electrons. The number of aryl methyl sites for hydroxylation is 1. The molecule has 0 spiro atoms. The van der Waals surface area contributed by atoms with Gasteiger partial charge >= 0.3 is 0 Å². The number of rotatable bonds is 4. The van der Waals surface area contributed by atoms with E-state index in [-0.39, 0.29) is 17.9 Å². The minimum absolute atomic E-state index is 0.0979. The maximum Gasteiger partial charge on any atom is 0.223 e. The first-order valence-electron chi connectivity index (χ1n) is 10.2. The first-order valence-corrected chi connectivity index (χ1v) is 10.2. The van der Waals surface area contributed by atoms with Crippen molar-refractivity contribution in [3.05, 3.63) is 29.8 Å². The average Bonchev–Trinajstić information content (AvgIpc) is 2.74. The molecule has 2 saturated heterocycles. The number of aromatic nitrogens is 1. The Kier molecular flexibility index (Phi) is 5.67. The van der Waals surface area contributed by atoms with Crippen LogP contribution in [0.1, 0.15) is 31.2 Å². The lowest BCUT2D eigenvalue weighted by Crippen LogP contribution is -2.45. The van der Waals surface area contributed by atoms with Gasteiger partial charge in [0.1, 0.15) is 11.6 Å². The molecule has 150 valence electrons. The molecule has 1 amide bonds. The molecule has 0 aliphatic carbocycles. The van der Waals surface area contributed by atoms with E-state index >= 15 is 0 Å². The number of ether oxygens (including phenoxy) is 2. The number of nitrogens with one attached hydrogen (secondary N) is 1. The van der Waals surface area contributed by atoms with Gasteiger partial charge in [-0.25, -0.2) is 4.98 Å². The number of carbonyl (C=O) groups is 1. The second-order valence-corrected chi connectivity index (χ2v) is 7.84. The van der Waals surface area contributed by atoms with Crippen LogP contribution < -0.4 is 15.0 Å². The SMILES string of the molecule is COc1ccc2c(C)cc(N3CCC(C(=O)NC4CCOCC4)CC3)nc2c1. The molecule has 4 rings (SSSR count). The maximum absolute atomic E-state index is 12.6. The average molecular weight is 383 g/mol. The Bertz CT molecular complexity index is 840. The highest BCUT2D eigenvalue weighted by Crippen LogP contribution is 2.28. The zero-order valence-corrected chi connectivity index (χ0v) is 16.7. The Morgan fingerprint density at radius 3 is 2.64 bits per heavy atom. The molecule has 0 atom stereocenters. The second-order valence-electron chi connectivity index (χ2n) is 7.84. The second kappa shape index (κ2) is 8.35. The Balaban J connectivity index is 1.41. The number of piperidine rings is 1. The summed E-state index contributed by atoms with van der Waals surface area (Å²) in [7, 11) is 1.67. The standard InChI is InChI=1S/C22H29N3O3/c1-15-13-21(24-20-14-18(27-2)3-4-19(15)20)25-9-5-16(6-10-25)22(26)23-17-7-11-28-12-8-17/h3-4,13-14,16-17H,5-12H2,1-2H3,(H,23,26). The number of fused-ring (bicyclic) bond motifs is 1. The van der Waals surface area contributed by atoms with E-state index in [2.05, 4.69) is 29.3 Å². The largest absolute Gasteiger partial charge is 0.497 e. The van der Waals surface area contributed by atoms with Crippen LogP contribution in [0, 0.1) is 12.8 Å². The Hall–Kier alpha value is -2.34. The van der Waals surface area contributed by atoms with Crippen LogP contribution in [0.4, 0.5) is 5.82 Å². The number of benzene rings is 1. The molecule has 6 heteroatoms. The van der Waals surface area contributed by atoms with Gasteiger partial charge in [0.25, 0.3) is 0 Å². The van der Waals surface area contributed by atoms with Crippen LogP contribution in [-0.4, -0.2) is 50.3 Å². The summed E-state index contributed by atoms with van der Waals surface area (Å²) in [6.45, 7) is 5.33. The van der Waals surface area contributed by atoms with Gasteiger partial charge in [-0.05, 0) is 56.4 Å². The molecule has 28 heavy (non-hydrogen) atoms. The molecule has 0 saturated carbocycles. The highest BCUT2D eigenvalue weighted by Gasteiger charge is 2.27. The van der Waals surface area contributed by atoms with E-state index in [0.29, 0.717) is 0 Å². The summed E-state index contributed by atoms with van der Waals surface area (Å²) in [5, 5.41) is 4.37. The van der Waals surface area contributed by atoms with Crippen molar-refractivity contribution in [1.82, 2.24) is 10.3 Å². The lowest BCUT2D eigenvalue weighted by Gasteiger charge is -2.33. The molecule has 2 aliphatic rings. The smallest absolute Gasteiger partial charge is 0.223 e. The number of hydrogen-bond acceptors (Lipinski definition) is 5. The summed E-state index contributed by atoms with van der Waals surface area (Å²) >= 11 is 0. The van der Waals surface area contributed by atoms with Crippen molar-refractivity contribution in [2.24, 2.45) is 5.92 Å². The van der Waals surface area contributed by atoms with Crippen molar-refractivity contribution in [3.63, 3.8) is 0 Å². The first-order chi connectivity index (χ1) is 13.6. The van der Waals surface area contributed by atoms with Crippen molar-refractivity contribution in [2.45, 2.75) is 38.6 Å². The molecule has 2 aliphatic heterocycles. The van der Waals surface area contributed by atoms with Crippen molar-refractivity contribution >= 4 is 22.6 Å². The van der Waals surface area contributed by atoms with Crippen LogP contribution in [0.15, 0.2) is 24.3 Å². The van der Waals surface area contributed by atoms with Crippen molar-refractivity contribution in [2.75, 3.05) is 38.3 Å². The topological polar surface area (TPSA) is 63.7 Å². The third kappa shape index (κ3) is 4.07. The maximum atomic E-state index is 12.6. The van der Waals surface area contributed by atoms with E-state index in [1.807, 2.05) is 12.1 Å². The Labute approximate surface area is 166 Å². The molecular formula is C22H29N3O3. The Morgan fingerprint density at radius 1 is 1.18 bits per heavy atom. The number of pyridine rings is 1. The zero-order chi connectivity index (χ0) is 19.5. The van der Waals surface area contributed by atoms with Crippen LogP contribution in [0.25, 0.3) is 10.9 Å². The number of carbonyl (C=O) groups excluding carboxylic acids is 1. The third-order valence-corrected chi connectivity index (χ3v) is 5.97. The van der Waals surface area contributed by atoms with Crippen LogP contribution in [-0.2, 0) is 9.53 Å². The van der Waals surface area contributed by atoms with E-state index in [1.54, 1.807) is 7.11 Å². The van der Waals surface area contributed by atoms with Gasteiger partial charge in [0.15, 0.2) is 0 Å². The van der Waals surface area contributed by atoms with E-state index in [4.69, 9.17) is 14.5 Å². The van der Waals surface area contributed by atoms with Gasteiger partial charge in [0.05, 0.1) is 12.6 Å². The number of anilines is 1. The number of methoxy groups -OCH3 is 1. The van der Waals surface area contributed by atoms with E-state index < -0.39 is 0 Å². The predicted molar refractivity (Wildman–Crippen MR) is 110 cm³/mol. The lowest BCUT2D eigenvalue weighted by atomic mass is 9.95. The lowest BCUT2D eigenvalue weighted by molar-refractivity contribution is -0.126. The zero-order valence-electron chi connectivity index (χ0n) is 16.7. The fourth-order valence-corrected chi connectivity index (χ4v) is 4.19. The van der Waals surface area contributed by atoms with Crippen LogP contribution in [0.5, 0.6) is 5.75 Å². The normalized spacial score (nSPS) is 19.0. The minimum atomic E-state index is 0.0979. The van der Waals surface area contributed by atoms with E-state index in [1.165, 1.54) is 5.56 Å². The summed E-state index contributed by atoms with van der Waals surface area (Å²) in [4.78, 5) is 19.8. The molecule has 6 nitrogen and oxygen atoms in total. The molecule has 1 aromatic heterocycles. The number of nitrogens with zero attached hydrogens (tertiary/aromatic N) is 2. The van der Waals surface area contributed by atoms with Crippen molar-refractivity contribution < 1.29 is 14.3 Å². The summed E-state index contributed by atoms with van der Waals surface area (Å²) < 4.78 is 10.7.